The second kappa shape index (κ2) is 6.70. The molecule has 0 aliphatic heterocycles. The van der Waals surface area contributed by atoms with Gasteiger partial charge in [-0.3, -0.25) is 9.59 Å². The Morgan fingerprint density at radius 1 is 1.28 bits per heavy atom. The van der Waals surface area contributed by atoms with Crippen molar-refractivity contribution in [1.29, 1.82) is 0 Å². The summed E-state index contributed by atoms with van der Waals surface area (Å²) < 4.78 is 26.5. The molecule has 0 aliphatic carbocycles. The normalized spacial score (nSPS) is 11.6. The molecule has 0 bridgehead atoms. The van der Waals surface area contributed by atoms with Crippen molar-refractivity contribution in [2.45, 2.75) is 17.8 Å². The minimum absolute atomic E-state index is 0.0800. The van der Waals surface area contributed by atoms with Gasteiger partial charge in [-0.15, -0.1) is 10.2 Å². The van der Waals surface area contributed by atoms with Crippen molar-refractivity contribution in [2.75, 3.05) is 5.32 Å². The summed E-state index contributed by atoms with van der Waals surface area (Å²) in [6.07, 6.45) is 0. The molecule has 1 aromatic carbocycles. The first-order chi connectivity index (χ1) is 11.8. The fourth-order valence-electron chi connectivity index (χ4n) is 2.08. The van der Waals surface area contributed by atoms with E-state index in [4.69, 9.17) is 0 Å². The van der Waals surface area contributed by atoms with E-state index in [1.165, 1.54) is 6.92 Å². The summed E-state index contributed by atoms with van der Waals surface area (Å²) in [6.45, 7) is 1.08. The number of benzene rings is 1. The van der Waals surface area contributed by atoms with E-state index in [1.54, 1.807) is 18.2 Å². The maximum atomic E-state index is 12.3. The predicted molar refractivity (Wildman–Crippen MR) is 92.8 cm³/mol. The predicted octanol–water partition coefficient (Wildman–Crippen LogP) is 0.816. The average Bonchev–Trinajstić information content (AvgIpc) is 3.01. The van der Waals surface area contributed by atoms with Crippen molar-refractivity contribution < 1.29 is 13.2 Å². The van der Waals surface area contributed by atoms with E-state index in [9.17, 15) is 18.0 Å². The van der Waals surface area contributed by atoms with Crippen LogP contribution in [-0.2, 0) is 21.4 Å². The number of nitrogens with zero attached hydrogens (tertiary/aromatic N) is 2. The number of nitrogens with one attached hydrogen (secondary N) is 3. The van der Waals surface area contributed by atoms with Crippen LogP contribution in [0.15, 0.2) is 39.5 Å². The van der Waals surface area contributed by atoms with E-state index in [-0.39, 0.29) is 33.0 Å². The fraction of sp³-hybridized carbons (Fsp3) is 0.143. The van der Waals surface area contributed by atoms with Gasteiger partial charge in [-0.25, -0.2) is 13.1 Å². The van der Waals surface area contributed by atoms with Crippen LogP contribution in [-0.4, -0.2) is 29.5 Å². The van der Waals surface area contributed by atoms with E-state index in [0.29, 0.717) is 5.52 Å². The Morgan fingerprint density at radius 3 is 2.80 bits per heavy atom. The van der Waals surface area contributed by atoms with Gasteiger partial charge in [-0.2, -0.15) is 0 Å². The zero-order chi connectivity index (χ0) is 18.0. The molecule has 130 valence electrons. The molecule has 0 aliphatic rings. The quantitative estimate of drug-likeness (QED) is 0.562. The monoisotopic (exact) mass is 379 g/mol. The summed E-state index contributed by atoms with van der Waals surface area (Å²) in [4.78, 5) is 25.7. The van der Waals surface area contributed by atoms with E-state index in [0.717, 1.165) is 16.7 Å². The van der Waals surface area contributed by atoms with Gasteiger partial charge in [0.15, 0.2) is 0 Å². The third-order valence-electron chi connectivity index (χ3n) is 3.20. The molecule has 2 aromatic heterocycles. The smallest absolute Gasteiger partial charge is 0.270 e. The highest BCUT2D eigenvalue weighted by Crippen LogP contribution is 2.19. The molecular weight excluding hydrogens is 366 g/mol. The van der Waals surface area contributed by atoms with E-state index >= 15 is 0 Å². The molecule has 2 heterocycles. The minimum atomic E-state index is -3.95. The Kier molecular flexibility index (Phi) is 4.61. The molecule has 0 saturated carbocycles. The first kappa shape index (κ1) is 17.2. The number of rotatable bonds is 5. The standard InChI is InChI=1S/C14H13N5O4S2/c1-8(20)16-13-18-19-14(24-13)25(22,23)15-7-10-6-9-4-2-3-5-11(9)17-12(10)21/h2-6,15H,7H2,1H3,(H,17,21)(H,16,18,20). The van der Waals surface area contributed by atoms with E-state index in [1.807, 2.05) is 12.1 Å². The first-order valence-corrected chi connectivity index (χ1v) is 9.37. The average molecular weight is 379 g/mol. The Labute approximate surface area is 146 Å². The highest BCUT2D eigenvalue weighted by atomic mass is 32.2. The second-order valence-corrected chi connectivity index (χ2v) is 8.01. The first-order valence-electron chi connectivity index (χ1n) is 7.07. The molecule has 0 fully saturated rings. The Hall–Kier alpha value is -2.63. The molecule has 0 atom stereocenters. The summed E-state index contributed by atoms with van der Waals surface area (Å²) in [5.41, 5.74) is 0.564. The molecule has 0 saturated heterocycles. The van der Waals surface area contributed by atoms with Gasteiger partial charge in [-0.05, 0) is 17.5 Å². The third-order valence-corrected chi connectivity index (χ3v) is 5.81. The lowest BCUT2D eigenvalue weighted by molar-refractivity contribution is -0.114. The maximum absolute atomic E-state index is 12.3. The molecule has 1 amide bonds. The Morgan fingerprint density at radius 2 is 2.04 bits per heavy atom. The van der Waals surface area contributed by atoms with E-state index < -0.39 is 10.0 Å². The van der Waals surface area contributed by atoms with Crippen LogP contribution >= 0.6 is 11.3 Å². The van der Waals surface area contributed by atoms with E-state index in [2.05, 4.69) is 25.2 Å². The van der Waals surface area contributed by atoms with Gasteiger partial charge in [-0.1, -0.05) is 29.5 Å². The Balaban J connectivity index is 1.80. The van der Waals surface area contributed by atoms with Crippen LogP contribution in [0.4, 0.5) is 5.13 Å². The topological polar surface area (TPSA) is 134 Å². The number of pyridine rings is 1. The number of hydrogen-bond donors (Lipinski definition) is 3. The minimum Gasteiger partial charge on any atom is -0.322 e. The number of carbonyl (C=O) groups excluding carboxylic acids is 1. The molecule has 0 unspecified atom stereocenters. The van der Waals surface area contributed by atoms with Crippen LogP contribution in [0.3, 0.4) is 0 Å². The Bertz CT molecular complexity index is 1100. The highest BCUT2D eigenvalue weighted by Gasteiger charge is 2.21. The molecule has 11 heteroatoms. The van der Waals surface area contributed by atoms with Crippen LogP contribution in [0.5, 0.6) is 0 Å². The number of aromatic nitrogens is 3. The lowest BCUT2D eigenvalue weighted by Gasteiger charge is -2.05. The van der Waals surface area contributed by atoms with Gasteiger partial charge in [0.25, 0.3) is 15.6 Å². The fourth-order valence-corrected chi connectivity index (χ4v) is 4.07. The van der Waals surface area contributed by atoms with Gasteiger partial charge in [0.1, 0.15) is 0 Å². The number of aromatic amines is 1. The van der Waals surface area contributed by atoms with Crippen LogP contribution in [0.1, 0.15) is 12.5 Å². The van der Waals surface area contributed by atoms with Crippen molar-refractivity contribution in [3.8, 4) is 0 Å². The van der Waals surface area contributed by atoms with Gasteiger partial charge >= 0.3 is 0 Å². The number of sulfonamides is 1. The molecule has 3 N–H and O–H groups in total. The number of fused-ring (bicyclic) bond motifs is 1. The zero-order valence-electron chi connectivity index (χ0n) is 12.9. The molecule has 0 spiro atoms. The van der Waals surface area contributed by atoms with Gasteiger partial charge in [0, 0.05) is 24.5 Å². The third kappa shape index (κ3) is 3.90. The molecule has 25 heavy (non-hydrogen) atoms. The lowest BCUT2D eigenvalue weighted by atomic mass is 10.1. The molecular formula is C14H13N5O4S2. The van der Waals surface area contributed by atoms with Crippen molar-refractivity contribution >= 4 is 43.3 Å². The summed E-state index contributed by atoms with van der Waals surface area (Å²) in [7, 11) is -3.95. The summed E-state index contributed by atoms with van der Waals surface area (Å²) >= 11 is 0.719. The number of amides is 1. The highest BCUT2D eigenvalue weighted by molar-refractivity contribution is 7.91. The maximum Gasteiger partial charge on any atom is 0.270 e. The number of para-hydroxylation sites is 1. The van der Waals surface area contributed by atoms with Crippen molar-refractivity contribution in [2.24, 2.45) is 0 Å². The molecule has 3 aromatic rings. The van der Waals surface area contributed by atoms with Gasteiger partial charge in [0.05, 0.1) is 0 Å². The van der Waals surface area contributed by atoms with Crippen LogP contribution < -0.4 is 15.6 Å². The molecule has 0 radical (unpaired) electrons. The zero-order valence-corrected chi connectivity index (χ0v) is 14.6. The van der Waals surface area contributed by atoms with Crippen LogP contribution in [0.25, 0.3) is 10.9 Å². The van der Waals surface area contributed by atoms with Gasteiger partial charge < -0.3 is 10.3 Å². The summed E-state index contributed by atoms with van der Waals surface area (Å²) in [6, 6.07) is 8.81. The number of hydrogen-bond acceptors (Lipinski definition) is 7. The SMILES string of the molecule is CC(=O)Nc1nnc(S(=O)(=O)NCc2cc3ccccc3[nH]c2=O)s1. The molecule has 9 nitrogen and oxygen atoms in total. The number of anilines is 1. The number of carbonyl (C=O) groups is 1. The van der Waals surface area contributed by atoms with Crippen LogP contribution in [0.2, 0.25) is 0 Å². The largest absolute Gasteiger partial charge is 0.322 e. The number of H-pyrrole nitrogens is 1. The lowest BCUT2D eigenvalue weighted by Crippen LogP contribution is -2.26. The van der Waals surface area contributed by atoms with Crippen molar-refractivity contribution in [1.82, 2.24) is 19.9 Å². The van der Waals surface area contributed by atoms with Crippen LogP contribution in [0, 0.1) is 0 Å². The summed E-state index contributed by atoms with van der Waals surface area (Å²) in [5.74, 6) is -0.379. The van der Waals surface area contributed by atoms with Gasteiger partial charge in [0.2, 0.25) is 15.4 Å². The molecule has 3 rings (SSSR count). The van der Waals surface area contributed by atoms with Crippen molar-refractivity contribution in [3.63, 3.8) is 0 Å². The van der Waals surface area contributed by atoms with Crippen molar-refractivity contribution in [3.05, 3.63) is 46.2 Å². The second-order valence-electron chi connectivity index (χ2n) is 5.09. The summed E-state index contributed by atoms with van der Waals surface area (Å²) in [5, 5.41) is 10.4.